The van der Waals surface area contributed by atoms with E-state index in [1.807, 2.05) is 6.07 Å². The number of nitro benzene ring substituents is 1. The van der Waals surface area contributed by atoms with Crippen LogP contribution in [0.4, 0.5) is 5.69 Å². The Morgan fingerprint density at radius 1 is 1.42 bits per heavy atom. The molecule has 7 heteroatoms. The SMILES string of the molecule is Cc1ccc(CNCc2csc(=O)[nH]2)cc1[N+](=O)[O-]. The molecule has 0 radical (unpaired) electrons. The predicted molar refractivity (Wildman–Crippen MR) is 73.3 cm³/mol. The highest BCUT2D eigenvalue weighted by atomic mass is 32.1. The molecule has 2 N–H and O–H groups in total. The lowest BCUT2D eigenvalue weighted by Crippen LogP contribution is -2.14. The monoisotopic (exact) mass is 279 g/mol. The van der Waals surface area contributed by atoms with Gasteiger partial charge in [0.25, 0.3) is 5.69 Å². The molecule has 0 fully saturated rings. The third-order valence-electron chi connectivity index (χ3n) is 2.69. The number of hydrogen-bond donors (Lipinski definition) is 2. The molecule has 6 nitrogen and oxygen atoms in total. The molecule has 0 bridgehead atoms. The minimum absolute atomic E-state index is 0.0808. The van der Waals surface area contributed by atoms with E-state index in [4.69, 9.17) is 0 Å². The quantitative estimate of drug-likeness (QED) is 0.646. The van der Waals surface area contributed by atoms with Crippen LogP contribution < -0.4 is 10.2 Å². The Bertz CT molecular complexity index is 648. The summed E-state index contributed by atoms with van der Waals surface area (Å²) in [6.45, 7) is 2.75. The Morgan fingerprint density at radius 2 is 2.21 bits per heavy atom. The van der Waals surface area contributed by atoms with Crippen molar-refractivity contribution in [2.75, 3.05) is 0 Å². The summed E-state index contributed by atoms with van der Waals surface area (Å²) in [7, 11) is 0. The Morgan fingerprint density at radius 3 is 2.84 bits per heavy atom. The van der Waals surface area contributed by atoms with Crippen LogP contribution in [0.3, 0.4) is 0 Å². The summed E-state index contributed by atoms with van der Waals surface area (Å²) in [5.74, 6) is 0. The van der Waals surface area contributed by atoms with Crippen molar-refractivity contribution in [3.05, 3.63) is 60.2 Å². The van der Waals surface area contributed by atoms with Gasteiger partial charge in [-0.25, -0.2) is 0 Å². The van der Waals surface area contributed by atoms with Gasteiger partial charge < -0.3 is 10.3 Å². The van der Waals surface area contributed by atoms with Crippen LogP contribution in [0.15, 0.2) is 28.4 Å². The molecule has 0 atom stereocenters. The van der Waals surface area contributed by atoms with E-state index in [0.717, 1.165) is 22.6 Å². The van der Waals surface area contributed by atoms with Crippen LogP contribution in [0, 0.1) is 17.0 Å². The molecule has 0 aliphatic carbocycles. The molecule has 2 rings (SSSR count). The van der Waals surface area contributed by atoms with Gasteiger partial charge in [-0.3, -0.25) is 14.9 Å². The fourth-order valence-electron chi connectivity index (χ4n) is 1.70. The molecule has 2 aromatic rings. The van der Waals surface area contributed by atoms with Crippen molar-refractivity contribution in [1.82, 2.24) is 10.3 Å². The number of benzene rings is 1. The van der Waals surface area contributed by atoms with E-state index >= 15 is 0 Å². The average molecular weight is 279 g/mol. The van der Waals surface area contributed by atoms with E-state index in [-0.39, 0.29) is 15.5 Å². The molecule has 0 aliphatic rings. The fraction of sp³-hybridized carbons (Fsp3) is 0.250. The van der Waals surface area contributed by atoms with Gasteiger partial charge in [-0.05, 0) is 12.5 Å². The summed E-state index contributed by atoms with van der Waals surface area (Å²) < 4.78 is 0. The number of nitrogens with one attached hydrogen (secondary N) is 2. The highest BCUT2D eigenvalue weighted by molar-refractivity contribution is 7.07. The van der Waals surface area contributed by atoms with Crippen molar-refractivity contribution in [2.45, 2.75) is 20.0 Å². The van der Waals surface area contributed by atoms with E-state index in [1.54, 1.807) is 24.4 Å². The van der Waals surface area contributed by atoms with Crippen molar-refractivity contribution in [3.63, 3.8) is 0 Å². The first-order valence-corrected chi connectivity index (χ1v) is 6.55. The number of aryl methyl sites for hydroxylation is 1. The molecule has 100 valence electrons. The first kappa shape index (κ1) is 13.4. The molecule has 0 saturated carbocycles. The minimum atomic E-state index is -0.380. The Balaban J connectivity index is 1.98. The zero-order chi connectivity index (χ0) is 13.8. The second-order valence-corrected chi connectivity index (χ2v) is 5.00. The molecular weight excluding hydrogens is 266 g/mol. The minimum Gasteiger partial charge on any atom is -0.315 e. The van der Waals surface area contributed by atoms with Crippen molar-refractivity contribution in [1.29, 1.82) is 0 Å². The van der Waals surface area contributed by atoms with E-state index in [0.29, 0.717) is 18.7 Å². The van der Waals surface area contributed by atoms with Crippen molar-refractivity contribution >= 4 is 17.0 Å². The summed E-state index contributed by atoms with van der Waals surface area (Å²) >= 11 is 1.12. The molecule has 0 saturated heterocycles. The lowest BCUT2D eigenvalue weighted by Gasteiger charge is -2.04. The number of H-pyrrole nitrogens is 1. The molecule has 1 aromatic carbocycles. The van der Waals surface area contributed by atoms with Gasteiger partial charge in [0.1, 0.15) is 0 Å². The van der Waals surface area contributed by atoms with Crippen LogP contribution in [0.1, 0.15) is 16.8 Å². The maximum absolute atomic E-state index is 10.9. The maximum Gasteiger partial charge on any atom is 0.304 e. The van der Waals surface area contributed by atoms with Crippen molar-refractivity contribution in [3.8, 4) is 0 Å². The highest BCUT2D eigenvalue weighted by Crippen LogP contribution is 2.19. The Labute approximate surface area is 113 Å². The van der Waals surface area contributed by atoms with E-state index in [9.17, 15) is 14.9 Å². The van der Waals surface area contributed by atoms with Crippen molar-refractivity contribution < 1.29 is 4.92 Å². The lowest BCUT2D eigenvalue weighted by atomic mass is 10.1. The summed E-state index contributed by atoms with van der Waals surface area (Å²) in [5.41, 5.74) is 2.44. The van der Waals surface area contributed by atoms with Crippen molar-refractivity contribution in [2.24, 2.45) is 0 Å². The van der Waals surface area contributed by atoms with Gasteiger partial charge >= 0.3 is 4.87 Å². The maximum atomic E-state index is 10.9. The molecule has 1 heterocycles. The summed E-state index contributed by atoms with van der Waals surface area (Å²) in [5, 5.41) is 15.7. The van der Waals surface area contributed by atoms with E-state index in [2.05, 4.69) is 10.3 Å². The van der Waals surface area contributed by atoms with E-state index < -0.39 is 0 Å². The second kappa shape index (κ2) is 5.77. The third kappa shape index (κ3) is 3.49. The number of aromatic nitrogens is 1. The van der Waals surface area contributed by atoms with Gasteiger partial charge in [0.05, 0.1) is 4.92 Å². The van der Waals surface area contributed by atoms with Crippen LogP contribution in [-0.2, 0) is 13.1 Å². The molecule has 0 aliphatic heterocycles. The number of nitro groups is 1. The normalized spacial score (nSPS) is 10.6. The average Bonchev–Trinajstić information content (AvgIpc) is 2.77. The number of hydrogen-bond acceptors (Lipinski definition) is 5. The molecule has 0 unspecified atom stereocenters. The summed E-state index contributed by atoms with van der Waals surface area (Å²) in [6, 6.07) is 5.16. The first-order chi connectivity index (χ1) is 9.06. The topological polar surface area (TPSA) is 88.0 Å². The Hall–Kier alpha value is -1.99. The zero-order valence-corrected chi connectivity index (χ0v) is 11.1. The fourth-order valence-corrected chi connectivity index (χ4v) is 2.29. The summed E-state index contributed by atoms with van der Waals surface area (Å²) in [6.07, 6.45) is 0. The smallest absolute Gasteiger partial charge is 0.304 e. The van der Waals surface area contributed by atoms with Crippen LogP contribution in [0.2, 0.25) is 0 Å². The van der Waals surface area contributed by atoms with Gasteiger partial charge in [-0.15, -0.1) is 0 Å². The van der Waals surface area contributed by atoms with Gasteiger partial charge in [0, 0.05) is 35.8 Å². The third-order valence-corrected chi connectivity index (χ3v) is 3.40. The number of rotatable bonds is 5. The number of thiazole rings is 1. The van der Waals surface area contributed by atoms with E-state index in [1.165, 1.54) is 0 Å². The molecule has 0 amide bonds. The van der Waals surface area contributed by atoms with Crippen LogP contribution >= 0.6 is 11.3 Å². The Kier molecular flexibility index (Phi) is 4.08. The lowest BCUT2D eigenvalue weighted by molar-refractivity contribution is -0.385. The largest absolute Gasteiger partial charge is 0.315 e. The zero-order valence-electron chi connectivity index (χ0n) is 10.3. The standard InChI is InChI=1S/C12H13N3O3S/c1-8-2-3-9(4-11(8)15(17)18)5-13-6-10-7-19-12(16)14-10/h2-4,7,13H,5-6H2,1H3,(H,14,16). The second-order valence-electron chi connectivity index (χ2n) is 4.15. The van der Waals surface area contributed by atoms with Gasteiger partial charge in [-0.2, -0.15) is 0 Å². The molecule has 19 heavy (non-hydrogen) atoms. The number of aromatic amines is 1. The molecular formula is C12H13N3O3S. The molecule has 1 aromatic heterocycles. The summed E-state index contributed by atoms with van der Waals surface area (Å²) in [4.78, 5) is 24.0. The predicted octanol–water partition coefficient (Wildman–Crippen LogP) is 1.94. The van der Waals surface area contributed by atoms with Crippen LogP contribution in [0.5, 0.6) is 0 Å². The van der Waals surface area contributed by atoms with Gasteiger partial charge in [0.2, 0.25) is 0 Å². The van der Waals surface area contributed by atoms with Gasteiger partial charge in [-0.1, -0.05) is 23.5 Å². The van der Waals surface area contributed by atoms with Gasteiger partial charge in [0.15, 0.2) is 0 Å². The van der Waals surface area contributed by atoms with Crippen LogP contribution in [0.25, 0.3) is 0 Å². The highest BCUT2D eigenvalue weighted by Gasteiger charge is 2.10. The first-order valence-electron chi connectivity index (χ1n) is 5.67. The number of nitrogens with zero attached hydrogens (tertiary/aromatic N) is 1. The molecule has 0 spiro atoms. The van der Waals surface area contributed by atoms with Crippen LogP contribution in [-0.4, -0.2) is 9.91 Å².